The van der Waals surface area contributed by atoms with Gasteiger partial charge in [-0.3, -0.25) is 14.5 Å². The van der Waals surface area contributed by atoms with Gasteiger partial charge < -0.3 is 14.5 Å². The lowest BCUT2D eigenvalue weighted by molar-refractivity contribution is -0.149. The summed E-state index contributed by atoms with van der Waals surface area (Å²) >= 11 is 1.19. The highest BCUT2D eigenvalue weighted by Gasteiger charge is 2.30. The normalized spacial score (nSPS) is 16.7. The molecule has 29 heavy (non-hydrogen) atoms. The molecule has 0 bridgehead atoms. The molecule has 1 saturated heterocycles. The molecule has 0 spiro atoms. The topological polar surface area (TPSA) is 102 Å². The van der Waals surface area contributed by atoms with Crippen LogP contribution in [-0.2, 0) is 14.3 Å². The van der Waals surface area contributed by atoms with E-state index in [1.54, 1.807) is 13.8 Å². The minimum absolute atomic E-state index is 0.0695. The largest absolute Gasteiger partial charge is 0.466 e. The first kappa shape index (κ1) is 21.4. The molecule has 3 rings (SSSR count). The highest BCUT2D eigenvalue weighted by atomic mass is 32.1. The second-order valence-corrected chi connectivity index (χ2v) is 8.15. The van der Waals surface area contributed by atoms with Crippen molar-refractivity contribution in [3.05, 3.63) is 26.6 Å². The van der Waals surface area contributed by atoms with E-state index in [4.69, 9.17) is 9.47 Å². The number of esters is 2. The molecule has 0 radical (unpaired) electrons. The Bertz CT molecular complexity index is 959. The van der Waals surface area contributed by atoms with E-state index in [-0.39, 0.29) is 30.1 Å². The van der Waals surface area contributed by atoms with Crippen molar-refractivity contribution in [1.82, 2.24) is 14.9 Å². The zero-order chi connectivity index (χ0) is 21.1. The summed E-state index contributed by atoms with van der Waals surface area (Å²) in [6, 6.07) is -0.108. The summed E-state index contributed by atoms with van der Waals surface area (Å²) in [6.07, 6.45) is 1.45. The second-order valence-electron chi connectivity index (χ2n) is 7.15. The predicted octanol–water partition coefficient (Wildman–Crippen LogP) is 2.81. The number of carbonyl (C=O) groups excluding carboxylic acids is 2. The van der Waals surface area contributed by atoms with Crippen LogP contribution < -0.4 is 5.56 Å². The Balaban J connectivity index is 1.80. The van der Waals surface area contributed by atoms with Gasteiger partial charge in [0.05, 0.1) is 30.6 Å². The third-order valence-corrected chi connectivity index (χ3v) is 6.54. The van der Waals surface area contributed by atoms with E-state index in [1.165, 1.54) is 11.3 Å². The molecule has 1 atom stereocenters. The molecule has 9 heteroatoms. The maximum Gasteiger partial charge on any atom is 0.348 e. The Labute approximate surface area is 173 Å². The third-order valence-electron chi connectivity index (χ3n) is 5.37. The quantitative estimate of drug-likeness (QED) is 0.716. The molecule has 0 amide bonds. The number of hydrogen-bond acceptors (Lipinski definition) is 8. The standard InChI is InChI=1S/C20H27N3O5S/c1-5-27-19(25)13-7-9-23(10-8-13)12(4)16-21-17(24)14-11(3)15(20(26)28-6-2)29-18(14)22-16/h12-13H,5-10H2,1-4H3,(H,21,22,24). The fraction of sp³-hybridized carbons (Fsp3) is 0.600. The first-order valence-electron chi connectivity index (χ1n) is 9.98. The molecule has 8 nitrogen and oxygen atoms in total. The summed E-state index contributed by atoms with van der Waals surface area (Å²) < 4.78 is 10.2. The molecular formula is C20H27N3O5S. The van der Waals surface area contributed by atoms with Crippen LogP contribution in [0.2, 0.25) is 0 Å². The maximum absolute atomic E-state index is 12.7. The molecule has 0 aliphatic carbocycles. The van der Waals surface area contributed by atoms with Gasteiger partial charge >= 0.3 is 11.9 Å². The monoisotopic (exact) mass is 421 g/mol. The molecule has 2 aromatic heterocycles. The van der Waals surface area contributed by atoms with Crippen molar-refractivity contribution in [2.75, 3.05) is 26.3 Å². The highest BCUT2D eigenvalue weighted by Crippen LogP contribution is 2.30. The Morgan fingerprint density at radius 2 is 1.90 bits per heavy atom. The van der Waals surface area contributed by atoms with Crippen molar-refractivity contribution in [3.8, 4) is 0 Å². The number of aromatic amines is 1. The number of nitrogens with one attached hydrogen (secondary N) is 1. The van der Waals surface area contributed by atoms with Crippen LogP contribution in [0.25, 0.3) is 10.2 Å². The van der Waals surface area contributed by atoms with E-state index in [0.29, 0.717) is 33.1 Å². The number of hydrogen-bond donors (Lipinski definition) is 1. The van der Waals surface area contributed by atoms with Crippen molar-refractivity contribution < 1.29 is 19.1 Å². The van der Waals surface area contributed by atoms with Crippen LogP contribution in [0.1, 0.15) is 60.7 Å². The van der Waals surface area contributed by atoms with E-state index in [1.807, 2.05) is 13.8 Å². The molecule has 1 fully saturated rings. The molecular weight excluding hydrogens is 394 g/mol. The molecule has 2 aromatic rings. The van der Waals surface area contributed by atoms with Crippen LogP contribution in [0.15, 0.2) is 4.79 Å². The summed E-state index contributed by atoms with van der Waals surface area (Å²) in [5.41, 5.74) is 0.356. The summed E-state index contributed by atoms with van der Waals surface area (Å²) in [7, 11) is 0. The first-order chi connectivity index (χ1) is 13.9. The molecule has 1 aliphatic rings. The van der Waals surface area contributed by atoms with Gasteiger partial charge in [-0.25, -0.2) is 9.78 Å². The second kappa shape index (κ2) is 9.04. The SMILES string of the molecule is CCOC(=O)c1sc2nc(C(C)N3CCC(C(=O)OCC)CC3)[nH]c(=O)c2c1C. The molecule has 3 heterocycles. The van der Waals surface area contributed by atoms with Crippen molar-refractivity contribution in [1.29, 1.82) is 0 Å². The number of fused-ring (bicyclic) bond motifs is 1. The number of H-pyrrole nitrogens is 1. The number of thiophene rings is 1. The number of likely N-dealkylation sites (tertiary alicyclic amines) is 1. The van der Waals surface area contributed by atoms with Gasteiger partial charge in [0.25, 0.3) is 5.56 Å². The number of piperidine rings is 1. The molecule has 0 saturated carbocycles. The zero-order valence-corrected chi connectivity index (χ0v) is 18.1. The minimum Gasteiger partial charge on any atom is -0.466 e. The van der Waals surface area contributed by atoms with Crippen molar-refractivity contribution in [3.63, 3.8) is 0 Å². The van der Waals surface area contributed by atoms with E-state index in [9.17, 15) is 14.4 Å². The lowest BCUT2D eigenvalue weighted by atomic mass is 9.96. The Kier molecular flexibility index (Phi) is 6.69. The lowest BCUT2D eigenvalue weighted by Gasteiger charge is -2.34. The van der Waals surface area contributed by atoms with Gasteiger partial charge in [0.2, 0.25) is 0 Å². The predicted molar refractivity (Wildman–Crippen MR) is 110 cm³/mol. The van der Waals surface area contributed by atoms with Crippen molar-refractivity contribution in [2.45, 2.75) is 46.6 Å². The number of aromatic nitrogens is 2. The van der Waals surface area contributed by atoms with Gasteiger partial charge in [0, 0.05) is 0 Å². The summed E-state index contributed by atoms with van der Waals surface area (Å²) in [4.78, 5) is 47.5. The fourth-order valence-electron chi connectivity index (χ4n) is 3.71. The average molecular weight is 422 g/mol. The van der Waals surface area contributed by atoms with E-state index < -0.39 is 5.97 Å². The summed E-state index contributed by atoms with van der Waals surface area (Å²) in [5.74, 6) is -0.0648. The van der Waals surface area contributed by atoms with Crippen LogP contribution >= 0.6 is 11.3 Å². The van der Waals surface area contributed by atoms with Gasteiger partial charge in [-0.2, -0.15) is 0 Å². The van der Waals surface area contributed by atoms with Crippen molar-refractivity contribution >= 4 is 33.5 Å². The number of nitrogens with zero attached hydrogens (tertiary/aromatic N) is 2. The zero-order valence-electron chi connectivity index (χ0n) is 17.2. The third kappa shape index (κ3) is 4.35. The molecule has 1 N–H and O–H groups in total. The smallest absolute Gasteiger partial charge is 0.348 e. The minimum atomic E-state index is -0.428. The van der Waals surface area contributed by atoms with E-state index in [2.05, 4.69) is 14.9 Å². The molecule has 1 aliphatic heterocycles. The number of carbonyl (C=O) groups is 2. The Morgan fingerprint density at radius 3 is 2.52 bits per heavy atom. The first-order valence-corrected chi connectivity index (χ1v) is 10.8. The van der Waals surface area contributed by atoms with Crippen LogP contribution in [-0.4, -0.2) is 53.1 Å². The maximum atomic E-state index is 12.7. The van der Waals surface area contributed by atoms with Crippen LogP contribution in [0.5, 0.6) is 0 Å². The van der Waals surface area contributed by atoms with Gasteiger partial charge in [0.1, 0.15) is 15.5 Å². The summed E-state index contributed by atoms with van der Waals surface area (Å²) in [6.45, 7) is 9.42. The Hall–Kier alpha value is -2.26. The van der Waals surface area contributed by atoms with Crippen LogP contribution in [0, 0.1) is 12.8 Å². The number of ether oxygens (including phenoxy) is 2. The Morgan fingerprint density at radius 1 is 1.24 bits per heavy atom. The van der Waals surface area contributed by atoms with Crippen LogP contribution in [0.4, 0.5) is 0 Å². The van der Waals surface area contributed by atoms with E-state index in [0.717, 1.165) is 25.9 Å². The fourth-order valence-corrected chi connectivity index (χ4v) is 4.79. The number of aryl methyl sites for hydroxylation is 1. The van der Waals surface area contributed by atoms with E-state index >= 15 is 0 Å². The molecule has 1 unspecified atom stereocenters. The van der Waals surface area contributed by atoms with Gasteiger partial charge in [-0.05, 0) is 59.2 Å². The highest BCUT2D eigenvalue weighted by molar-refractivity contribution is 7.20. The number of rotatable bonds is 6. The average Bonchev–Trinajstić information content (AvgIpc) is 3.05. The van der Waals surface area contributed by atoms with Gasteiger partial charge in [0.15, 0.2) is 0 Å². The van der Waals surface area contributed by atoms with Crippen LogP contribution in [0.3, 0.4) is 0 Å². The summed E-state index contributed by atoms with van der Waals surface area (Å²) in [5, 5.41) is 0.440. The van der Waals surface area contributed by atoms with Gasteiger partial charge in [-0.1, -0.05) is 0 Å². The lowest BCUT2D eigenvalue weighted by Crippen LogP contribution is -2.39. The van der Waals surface area contributed by atoms with Crippen molar-refractivity contribution in [2.24, 2.45) is 5.92 Å². The molecule has 0 aromatic carbocycles. The van der Waals surface area contributed by atoms with Gasteiger partial charge in [-0.15, -0.1) is 11.3 Å². The molecule has 158 valence electrons.